The number of allylic oxidation sites excluding steroid dienone is 2. The van der Waals surface area contributed by atoms with Crippen LogP contribution in [0.1, 0.15) is 6.92 Å². The van der Waals surface area contributed by atoms with E-state index in [-0.39, 0.29) is 5.92 Å². The molecule has 0 bridgehead atoms. The maximum atomic E-state index is 10.5. The van der Waals surface area contributed by atoms with Crippen molar-refractivity contribution in [2.45, 2.75) is 6.92 Å². The van der Waals surface area contributed by atoms with Gasteiger partial charge in [0.2, 0.25) is 0 Å². The van der Waals surface area contributed by atoms with Crippen LogP contribution in [0.15, 0.2) is 23.5 Å². The van der Waals surface area contributed by atoms with Crippen molar-refractivity contribution in [2.24, 2.45) is 5.92 Å². The smallest absolute Gasteiger partial charge is 0.148 e. The Hall–Kier alpha value is -1.38. The summed E-state index contributed by atoms with van der Waals surface area (Å²) in [5.74, 6) is -0.0730. The van der Waals surface area contributed by atoms with E-state index in [1.807, 2.05) is 6.92 Å². The summed E-state index contributed by atoms with van der Waals surface area (Å²) in [5.41, 5.74) is 1.28. The zero-order valence-corrected chi connectivity index (χ0v) is 7.15. The molecule has 3 heteroatoms. The predicted molar refractivity (Wildman–Crippen MR) is 45.2 cm³/mol. The van der Waals surface area contributed by atoms with Crippen LogP contribution in [0.3, 0.4) is 0 Å². The number of nitrogens with zero attached hydrogens (tertiary/aromatic N) is 1. The lowest BCUT2D eigenvalue weighted by Gasteiger charge is -2.21. The van der Waals surface area contributed by atoms with Crippen LogP contribution >= 0.6 is 0 Å². The summed E-state index contributed by atoms with van der Waals surface area (Å²) in [6.07, 6.45) is 5.03. The molecule has 0 unspecified atom stereocenters. The van der Waals surface area contributed by atoms with Crippen LogP contribution in [0, 0.1) is 5.92 Å². The number of carbonyl (C=O) groups is 2. The van der Waals surface area contributed by atoms with E-state index in [9.17, 15) is 9.59 Å². The van der Waals surface area contributed by atoms with Crippen molar-refractivity contribution in [1.82, 2.24) is 4.90 Å². The lowest BCUT2D eigenvalue weighted by molar-refractivity contribution is -0.105. The molecular formula is C9H11NO2. The average molecular weight is 165 g/mol. The molecule has 0 radical (unpaired) electrons. The van der Waals surface area contributed by atoms with Gasteiger partial charge in [-0.2, -0.15) is 0 Å². The van der Waals surface area contributed by atoms with Gasteiger partial charge in [-0.3, -0.25) is 9.59 Å². The second kappa shape index (κ2) is 3.34. The van der Waals surface area contributed by atoms with Gasteiger partial charge in [0, 0.05) is 36.5 Å². The molecule has 1 aliphatic rings. The average Bonchev–Trinajstić information content (AvgIpc) is 2.08. The molecule has 0 aromatic heterocycles. The zero-order chi connectivity index (χ0) is 9.14. The fraction of sp³-hybridized carbons (Fsp3) is 0.333. The van der Waals surface area contributed by atoms with E-state index in [0.29, 0.717) is 11.1 Å². The highest BCUT2D eigenvalue weighted by molar-refractivity contribution is 5.82. The third-order valence-electron chi connectivity index (χ3n) is 1.98. The van der Waals surface area contributed by atoms with Gasteiger partial charge in [0.1, 0.15) is 12.6 Å². The standard InChI is InChI=1S/C9H11NO2/c1-7-8(5-11)3-10(2)4-9(7)6-12/h3-7H,1-2H3. The lowest BCUT2D eigenvalue weighted by atomic mass is 9.93. The molecule has 0 fully saturated rings. The highest BCUT2D eigenvalue weighted by Crippen LogP contribution is 2.21. The first-order valence-electron chi connectivity index (χ1n) is 3.74. The summed E-state index contributed by atoms with van der Waals surface area (Å²) in [5, 5.41) is 0. The van der Waals surface area contributed by atoms with Gasteiger partial charge in [-0.25, -0.2) is 0 Å². The molecule has 0 saturated heterocycles. The Morgan fingerprint density at radius 2 is 1.67 bits per heavy atom. The molecule has 0 saturated carbocycles. The number of aldehydes is 2. The van der Waals surface area contributed by atoms with Crippen LogP contribution in [0.25, 0.3) is 0 Å². The second-order valence-electron chi connectivity index (χ2n) is 2.88. The Bertz CT molecular complexity index is 240. The lowest BCUT2D eigenvalue weighted by Crippen LogP contribution is -2.18. The number of hydrogen-bond acceptors (Lipinski definition) is 3. The summed E-state index contributed by atoms with van der Waals surface area (Å²) >= 11 is 0. The summed E-state index contributed by atoms with van der Waals surface area (Å²) < 4.78 is 0. The van der Waals surface area contributed by atoms with E-state index >= 15 is 0 Å². The number of hydrogen-bond donors (Lipinski definition) is 0. The highest BCUT2D eigenvalue weighted by Gasteiger charge is 2.17. The first-order chi connectivity index (χ1) is 5.69. The van der Waals surface area contributed by atoms with Crippen LogP contribution in [0.4, 0.5) is 0 Å². The van der Waals surface area contributed by atoms with Crippen LogP contribution in [0.2, 0.25) is 0 Å². The van der Waals surface area contributed by atoms with Gasteiger partial charge in [0.05, 0.1) is 0 Å². The second-order valence-corrected chi connectivity index (χ2v) is 2.88. The fourth-order valence-corrected chi connectivity index (χ4v) is 1.19. The van der Waals surface area contributed by atoms with Gasteiger partial charge in [0.15, 0.2) is 0 Å². The monoisotopic (exact) mass is 165 g/mol. The van der Waals surface area contributed by atoms with E-state index in [4.69, 9.17) is 0 Å². The minimum atomic E-state index is -0.0730. The van der Waals surface area contributed by atoms with Crippen molar-refractivity contribution in [3.05, 3.63) is 23.5 Å². The van der Waals surface area contributed by atoms with Crippen molar-refractivity contribution >= 4 is 12.6 Å². The molecule has 0 spiro atoms. The van der Waals surface area contributed by atoms with Crippen LogP contribution in [0.5, 0.6) is 0 Å². The molecule has 1 heterocycles. The first-order valence-corrected chi connectivity index (χ1v) is 3.74. The number of rotatable bonds is 2. The van der Waals surface area contributed by atoms with E-state index in [2.05, 4.69) is 0 Å². The summed E-state index contributed by atoms with van der Waals surface area (Å²) in [4.78, 5) is 22.8. The molecule has 0 N–H and O–H groups in total. The van der Waals surface area contributed by atoms with E-state index in [0.717, 1.165) is 12.6 Å². The summed E-state index contributed by atoms with van der Waals surface area (Å²) in [6, 6.07) is 0. The van der Waals surface area contributed by atoms with Crippen molar-refractivity contribution in [3.63, 3.8) is 0 Å². The molecular weight excluding hydrogens is 154 g/mol. The Morgan fingerprint density at radius 1 is 1.25 bits per heavy atom. The fourth-order valence-electron chi connectivity index (χ4n) is 1.19. The molecule has 1 aliphatic heterocycles. The largest absolute Gasteiger partial charge is 0.356 e. The van der Waals surface area contributed by atoms with Crippen molar-refractivity contribution in [2.75, 3.05) is 7.05 Å². The SMILES string of the molecule is CC1C(C=O)=CN(C)C=C1C=O. The Morgan fingerprint density at radius 3 is 2.00 bits per heavy atom. The maximum absolute atomic E-state index is 10.5. The maximum Gasteiger partial charge on any atom is 0.148 e. The van der Waals surface area contributed by atoms with Crippen molar-refractivity contribution in [1.29, 1.82) is 0 Å². The Kier molecular flexibility index (Phi) is 2.43. The zero-order valence-electron chi connectivity index (χ0n) is 7.15. The van der Waals surface area contributed by atoms with Crippen LogP contribution in [-0.4, -0.2) is 24.5 Å². The summed E-state index contributed by atoms with van der Waals surface area (Å²) in [7, 11) is 1.79. The molecule has 0 atom stereocenters. The third-order valence-corrected chi connectivity index (χ3v) is 1.98. The highest BCUT2D eigenvalue weighted by atomic mass is 16.1. The molecule has 64 valence electrons. The quantitative estimate of drug-likeness (QED) is 0.566. The third kappa shape index (κ3) is 1.44. The van der Waals surface area contributed by atoms with E-state index in [1.54, 1.807) is 24.3 Å². The number of carbonyl (C=O) groups excluding carboxylic acids is 2. The first kappa shape index (κ1) is 8.71. The van der Waals surface area contributed by atoms with Crippen molar-refractivity contribution in [3.8, 4) is 0 Å². The summed E-state index contributed by atoms with van der Waals surface area (Å²) in [6.45, 7) is 1.84. The molecule has 1 rings (SSSR count). The molecule has 3 nitrogen and oxygen atoms in total. The van der Waals surface area contributed by atoms with Crippen LogP contribution in [-0.2, 0) is 9.59 Å². The molecule has 12 heavy (non-hydrogen) atoms. The van der Waals surface area contributed by atoms with Gasteiger partial charge in [-0.05, 0) is 0 Å². The van der Waals surface area contributed by atoms with E-state index in [1.165, 1.54) is 0 Å². The predicted octanol–water partition coefficient (Wildman–Crippen LogP) is 0.734. The van der Waals surface area contributed by atoms with Gasteiger partial charge in [-0.15, -0.1) is 0 Å². The minimum absolute atomic E-state index is 0.0730. The Labute approximate surface area is 71.4 Å². The van der Waals surface area contributed by atoms with Gasteiger partial charge < -0.3 is 4.90 Å². The normalized spacial score (nSPS) is 18.3. The van der Waals surface area contributed by atoms with Gasteiger partial charge >= 0.3 is 0 Å². The van der Waals surface area contributed by atoms with Crippen LogP contribution < -0.4 is 0 Å². The Balaban J connectivity index is 2.96. The molecule has 0 amide bonds. The van der Waals surface area contributed by atoms with Gasteiger partial charge in [0.25, 0.3) is 0 Å². The van der Waals surface area contributed by atoms with Crippen molar-refractivity contribution < 1.29 is 9.59 Å². The minimum Gasteiger partial charge on any atom is -0.356 e. The molecule has 0 aromatic rings. The van der Waals surface area contributed by atoms with Gasteiger partial charge in [-0.1, -0.05) is 6.92 Å². The topological polar surface area (TPSA) is 37.4 Å². The van der Waals surface area contributed by atoms with E-state index < -0.39 is 0 Å². The molecule has 0 aliphatic carbocycles. The molecule has 0 aromatic carbocycles.